The fourth-order valence-electron chi connectivity index (χ4n) is 2.95. The largest absolute Gasteiger partial charge is 0.489 e. The normalized spacial score (nSPS) is 9.79. The molecule has 0 aliphatic heterocycles. The van der Waals surface area contributed by atoms with E-state index in [4.69, 9.17) is 20.0 Å². The second kappa shape index (κ2) is 14.4. The molecule has 0 heterocycles. The maximum Gasteiger partial charge on any atom is 0.119 e. The smallest absolute Gasteiger partial charge is 0.119 e. The third-order valence-electron chi connectivity index (χ3n) is 4.70. The van der Waals surface area contributed by atoms with Crippen LogP contribution in [0.2, 0.25) is 0 Å². The highest BCUT2D eigenvalue weighted by Crippen LogP contribution is 2.26. The lowest BCUT2D eigenvalue weighted by Gasteiger charge is -2.21. The van der Waals surface area contributed by atoms with Gasteiger partial charge in [-0.25, -0.2) is 0 Å². The Kier molecular flexibility index (Phi) is 12.0. The summed E-state index contributed by atoms with van der Waals surface area (Å²) in [5, 5.41) is 17.8. The zero-order valence-corrected chi connectivity index (χ0v) is 21.5. The molecule has 4 nitrogen and oxygen atoms in total. The first-order valence-corrected chi connectivity index (χ1v) is 11.8. The number of nitrogens with zero attached hydrogens (tertiary/aromatic N) is 2. The molecule has 0 bridgehead atoms. The van der Waals surface area contributed by atoms with Crippen molar-refractivity contribution in [3.05, 3.63) is 94.5 Å². The van der Waals surface area contributed by atoms with Gasteiger partial charge in [-0.2, -0.15) is 10.5 Å². The molecule has 4 heteroatoms. The molecule has 0 radical (unpaired) electrons. The van der Waals surface area contributed by atoms with Crippen LogP contribution in [-0.2, 0) is 18.6 Å². The Bertz CT molecular complexity index is 1000. The van der Waals surface area contributed by atoms with Crippen molar-refractivity contribution in [2.24, 2.45) is 0 Å². The summed E-state index contributed by atoms with van der Waals surface area (Å²) in [6.07, 6.45) is 0. The molecule has 3 rings (SSSR count). The minimum absolute atomic E-state index is 0.00630. The number of rotatable bonds is 6. The van der Waals surface area contributed by atoms with E-state index >= 15 is 0 Å². The molecule has 0 aliphatic carbocycles. The molecule has 0 saturated carbocycles. The van der Waals surface area contributed by atoms with Crippen molar-refractivity contribution in [1.29, 1.82) is 10.5 Å². The van der Waals surface area contributed by atoms with Crippen molar-refractivity contribution in [3.63, 3.8) is 0 Å². The standard InChI is InChI=1S/C26H24N2O2.2C2H6/c1-26(2,3)23-13-21(17-29-24-8-4-19(15-27)5-9-24)12-22(14-23)18-30-25-10-6-20(16-28)7-11-25;2*1-2/h4-14H,17-18H2,1-3H3;2*1-2H3. The van der Waals surface area contributed by atoms with Crippen molar-refractivity contribution in [1.82, 2.24) is 0 Å². The van der Waals surface area contributed by atoms with Crippen LogP contribution in [0.1, 0.15) is 76.3 Å². The summed E-state index contributed by atoms with van der Waals surface area (Å²) in [5.41, 5.74) is 4.55. The van der Waals surface area contributed by atoms with Gasteiger partial charge in [-0.05, 0) is 76.7 Å². The van der Waals surface area contributed by atoms with Gasteiger partial charge in [0.05, 0.1) is 23.3 Å². The molecule has 3 aromatic carbocycles. The molecular weight excluding hydrogens is 420 g/mol. The van der Waals surface area contributed by atoms with Gasteiger partial charge in [0.25, 0.3) is 0 Å². The molecule has 34 heavy (non-hydrogen) atoms. The zero-order valence-electron chi connectivity index (χ0n) is 21.5. The Hall–Kier alpha value is -3.76. The third-order valence-corrected chi connectivity index (χ3v) is 4.70. The van der Waals surface area contributed by atoms with Gasteiger partial charge in [0.15, 0.2) is 0 Å². The minimum Gasteiger partial charge on any atom is -0.489 e. The molecule has 0 atom stereocenters. The number of hydrogen-bond acceptors (Lipinski definition) is 4. The lowest BCUT2D eigenvalue weighted by molar-refractivity contribution is 0.299. The molecule has 0 amide bonds. The van der Waals surface area contributed by atoms with Crippen LogP contribution in [0.4, 0.5) is 0 Å². The van der Waals surface area contributed by atoms with E-state index in [1.807, 2.05) is 27.7 Å². The fraction of sp³-hybridized carbons (Fsp3) is 0.333. The van der Waals surface area contributed by atoms with E-state index in [2.05, 4.69) is 51.1 Å². The van der Waals surface area contributed by atoms with Gasteiger partial charge in [0, 0.05) is 0 Å². The molecule has 0 fully saturated rings. The second-order valence-electron chi connectivity index (χ2n) is 8.14. The summed E-state index contributed by atoms with van der Waals surface area (Å²) in [4.78, 5) is 0. The number of hydrogen-bond donors (Lipinski definition) is 0. The molecule has 0 unspecified atom stereocenters. The van der Waals surface area contributed by atoms with Crippen molar-refractivity contribution >= 4 is 0 Å². The van der Waals surface area contributed by atoms with Gasteiger partial charge in [-0.15, -0.1) is 0 Å². The monoisotopic (exact) mass is 456 g/mol. The van der Waals surface area contributed by atoms with Gasteiger partial charge in [-0.3, -0.25) is 0 Å². The fourth-order valence-corrected chi connectivity index (χ4v) is 2.95. The van der Waals surface area contributed by atoms with Crippen molar-refractivity contribution in [2.45, 2.75) is 67.1 Å². The topological polar surface area (TPSA) is 66.0 Å². The van der Waals surface area contributed by atoms with Crippen LogP contribution >= 0.6 is 0 Å². The summed E-state index contributed by atoms with van der Waals surface area (Å²) in [7, 11) is 0. The maximum absolute atomic E-state index is 8.92. The summed E-state index contributed by atoms with van der Waals surface area (Å²) in [5.74, 6) is 1.45. The quantitative estimate of drug-likeness (QED) is 0.377. The Morgan fingerprint density at radius 3 is 1.26 bits per heavy atom. The van der Waals surface area contributed by atoms with Crippen LogP contribution in [0.15, 0.2) is 66.7 Å². The van der Waals surface area contributed by atoms with Crippen molar-refractivity contribution in [3.8, 4) is 23.6 Å². The van der Waals surface area contributed by atoms with Gasteiger partial charge in [0.1, 0.15) is 24.7 Å². The minimum atomic E-state index is -0.00630. The highest BCUT2D eigenvalue weighted by molar-refractivity contribution is 5.37. The Balaban J connectivity index is 0.00000137. The van der Waals surface area contributed by atoms with Crippen molar-refractivity contribution < 1.29 is 9.47 Å². The molecule has 0 saturated heterocycles. The molecule has 178 valence electrons. The summed E-state index contributed by atoms with van der Waals surface area (Å²) < 4.78 is 11.8. The van der Waals surface area contributed by atoms with E-state index in [-0.39, 0.29) is 5.41 Å². The van der Waals surface area contributed by atoms with E-state index in [1.54, 1.807) is 48.5 Å². The number of ether oxygens (including phenoxy) is 2. The van der Waals surface area contributed by atoms with Crippen LogP contribution < -0.4 is 9.47 Å². The van der Waals surface area contributed by atoms with E-state index in [1.165, 1.54) is 5.56 Å². The van der Waals surface area contributed by atoms with Crippen LogP contribution in [0.5, 0.6) is 11.5 Å². The average molecular weight is 457 g/mol. The Morgan fingerprint density at radius 1 is 0.618 bits per heavy atom. The molecular formula is C30H36N2O2. The molecule has 0 spiro atoms. The summed E-state index contributed by atoms with van der Waals surface area (Å²) in [6, 6.07) is 24.8. The van der Waals surface area contributed by atoms with Gasteiger partial charge < -0.3 is 9.47 Å². The summed E-state index contributed by atoms with van der Waals surface area (Å²) >= 11 is 0. The van der Waals surface area contributed by atoms with Gasteiger partial charge in [0.2, 0.25) is 0 Å². The number of benzene rings is 3. The van der Waals surface area contributed by atoms with Crippen LogP contribution in [0.3, 0.4) is 0 Å². The van der Waals surface area contributed by atoms with Crippen molar-refractivity contribution in [2.75, 3.05) is 0 Å². The lowest BCUT2D eigenvalue weighted by atomic mass is 9.85. The van der Waals surface area contributed by atoms with Gasteiger partial charge >= 0.3 is 0 Å². The Morgan fingerprint density at radius 2 is 0.971 bits per heavy atom. The van der Waals surface area contributed by atoms with Crippen LogP contribution in [-0.4, -0.2) is 0 Å². The first kappa shape index (κ1) is 28.3. The van der Waals surface area contributed by atoms with Crippen LogP contribution in [0, 0.1) is 22.7 Å². The molecule has 0 aromatic heterocycles. The van der Waals surface area contributed by atoms with E-state index in [0.717, 1.165) is 22.6 Å². The molecule has 3 aromatic rings. The van der Waals surface area contributed by atoms with E-state index < -0.39 is 0 Å². The zero-order chi connectivity index (χ0) is 25.6. The van der Waals surface area contributed by atoms with E-state index in [9.17, 15) is 0 Å². The highest BCUT2D eigenvalue weighted by Gasteiger charge is 2.16. The maximum atomic E-state index is 8.92. The highest BCUT2D eigenvalue weighted by atomic mass is 16.5. The lowest BCUT2D eigenvalue weighted by Crippen LogP contribution is -2.13. The molecule has 0 aliphatic rings. The predicted molar refractivity (Wildman–Crippen MR) is 139 cm³/mol. The SMILES string of the molecule is CC.CC.CC(C)(C)c1cc(COc2ccc(C#N)cc2)cc(COc2ccc(C#N)cc2)c1. The summed E-state index contributed by atoms with van der Waals surface area (Å²) in [6.45, 7) is 15.4. The molecule has 0 N–H and O–H groups in total. The first-order valence-electron chi connectivity index (χ1n) is 11.8. The Labute approximate surface area is 205 Å². The van der Waals surface area contributed by atoms with Gasteiger partial charge in [-0.1, -0.05) is 60.6 Å². The second-order valence-corrected chi connectivity index (χ2v) is 8.14. The predicted octanol–water partition coefficient (Wildman–Crippen LogP) is 7.94. The van der Waals surface area contributed by atoms with E-state index in [0.29, 0.717) is 24.3 Å². The van der Waals surface area contributed by atoms with Crippen LogP contribution in [0.25, 0.3) is 0 Å². The average Bonchev–Trinajstić information content (AvgIpc) is 2.88. The third kappa shape index (κ3) is 9.00. The first-order chi connectivity index (χ1) is 16.4. The number of nitriles is 2.